The first-order valence-electron chi connectivity index (χ1n) is 5.99. The number of nitrogens with zero attached hydrogens (tertiary/aromatic N) is 2. The van der Waals surface area contributed by atoms with Gasteiger partial charge in [0.15, 0.2) is 0 Å². The van der Waals surface area contributed by atoms with Crippen LogP contribution in [0, 0.1) is 0 Å². The van der Waals surface area contributed by atoms with Crippen LogP contribution in [0.2, 0.25) is 0 Å². The van der Waals surface area contributed by atoms with E-state index >= 15 is 0 Å². The average Bonchev–Trinajstić information content (AvgIpc) is 3.11. The van der Waals surface area contributed by atoms with Crippen LogP contribution in [0.5, 0.6) is 0 Å². The fourth-order valence-corrected chi connectivity index (χ4v) is 2.03. The molecule has 3 aromatic rings. The van der Waals surface area contributed by atoms with Crippen molar-refractivity contribution in [1.82, 2.24) is 9.61 Å². The van der Waals surface area contributed by atoms with Gasteiger partial charge in [-0.1, -0.05) is 0 Å². The third kappa shape index (κ3) is 2.14. The molecule has 0 aliphatic heterocycles. The molecule has 0 saturated heterocycles. The summed E-state index contributed by atoms with van der Waals surface area (Å²) < 4.78 is 11.5. The Balaban J connectivity index is 2.13. The van der Waals surface area contributed by atoms with Crippen LogP contribution < -0.4 is 0 Å². The molecule has 21 heavy (non-hydrogen) atoms. The van der Waals surface area contributed by atoms with Gasteiger partial charge in [-0.05, 0) is 24.3 Å². The number of methoxy groups -OCH3 is 1. The lowest BCUT2D eigenvalue weighted by Gasteiger charge is -1.98. The molecule has 0 unspecified atom stereocenters. The van der Waals surface area contributed by atoms with Gasteiger partial charge in [0.25, 0.3) is 0 Å². The number of furan rings is 1. The van der Waals surface area contributed by atoms with E-state index in [2.05, 4.69) is 9.84 Å². The fraction of sp³-hybridized carbons (Fsp3) is 0.0714. The van der Waals surface area contributed by atoms with E-state index in [0.29, 0.717) is 5.56 Å². The minimum absolute atomic E-state index is 0.117. The maximum absolute atomic E-state index is 11.6. The summed E-state index contributed by atoms with van der Waals surface area (Å²) in [7, 11) is 1.18. The summed E-state index contributed by atoms with van der Waals surface area (Å²) >= 11 is 0. The highest BCUT2D eigenvalue weighted by atomic mass is 16.5. The maximum Gasteiger partial charge on any atom is 0.372 e. The summed E-state index contributed by atoms with van der Waals surface area (Å²) in [5.41, 5.74) is 1.34. The summed E-state index contributed by atoms with van der Waals surface area (Å²) in [6, 6.07) is 6.65. The number of carbonyl (C=O) groups excluding carboxylic acids is 1. The molecule has 0 atom stereocenters. The van der Waals surface area contributed by atoms with Gasteiger partial charge in [0, 0.05) is 18.0 Å². The monoisotopic (exact) mass is 286 g/mol. The molecular formula is C14H10N2O5. The van der Waals surface area contributed by atoms with E-state index in [1.807, 2.05) is 0 Å². The summed E-state index contributed by atoms with van der Waals surface area (Å²) in [6.07, 6.45) is 3.36. The molecule has 1 N–H and O–H groups in total. The van der Waals surface area contributed by atoms with Crippen LogP contribution in [0.15, 0.2) is 41.1 Å². The van der Waals surface area contributed by atoms with Gasteiger partial charge in [-0.25, -0.2) is 14.1 Å². The SMILES string of the molecule is COC(=O)c1cc(-c2ccn3nccc3c2)oc1C(=O)O. The van der Waals surface area contributed by atoms with E-state index in [1.165, 1.54) is 13.2 Å². The Morgan fingerprint density at radius 1 is 1.33 bits per heavy atom. The number of carboxylic acids is 1. The van der Waals surface area contributed by atoms with Crippen molar-refractivity contribution in [2.75, 3.05) is 7.11 Å². The zero-order valence-electron chi connectivity index (χ0n) is 10.9. The topological polar surface area (TPSA) is 94.0 Å². The Morgan fingerprint density at radius 2 is 2.14 bits per heavy atom. The maximum atomic E-state index is 11.6. The number of hydrogen-bond donors (Lipinski definition) is 1. The Hall–Kier alpha value is -3.09. The normalized spacial score (nSPS) is 10.7. The van der Waals surface area contributed by atoms with Crippen molar-refractivity contribution in [2.45, 2.75) is 0 Å². The molecule has 0 radical (unpaired) electrons. The molecule has 0 aromatic carbocycles. The number of esters is 1. The number of hydrogen-bond acceptors (Lipinski definition) is 5. The lowest BCUT2D eigenvalue weighted by molar-refractivity contribution is 0.0571. The molecule has 0 aliphatic rings. The highest BCUT2D eigenvalue weighted by Gasteiger charge is 2.24. The second-order valence-electron chi connectivity index (χ2n) is 4.27. The number of rotatable bonds is 3. The van der Waals surface area contributed by atoms with Crippen LogP contribution in [0.4, 0.5) is 0 Å². The molecule has 7 heteroatoms. The van der Waals surface area contributed by atoms with E-state index in [1.54, 1.807) is 35.1 Å². The Morgan fingerprint density at radius 3 is 2.86 bits per heavy atom. The molecule has 0 bridgehead atoms. The van der Waals surface area contributed by atoms with Crippen LogP contribution in [0.25, 0.3) is 16.8 Å². The number of aromatic carboxylic acids is 1. The van der Waals surface area contributed by atoms with Crippen LogP contribution in [0.1, 0.15) is 20.9 Å². The van der Waals surface area contributed by atoms with Crippen molar-refractivity contribution >= 4 is 17.5 Å². The van der Waals surface area contributed by atoms with Gasteiger partial charge in [0.05, 0.1) is 12.6 Å². The van der Waals surface area contributed by atoms with Crippen molar-refractivity contribution in [1.29, 1.82) is 0 Å². The van der Waals surface area contributed by atoms with Crippen molar-refractivity contribution in [3.8, 4) is 11.3 Å². The number of carbonyl (C=O) groups is 2. The zero-order valence-corrected chi connectivity index (χ0v) is 10.9. The largest absolute Gasteiger partial charge is 0.475 e. The highest BCUT2D eigenvalue weighted by molar-refractivity contribution is 6.01. The number of ether oxygens (including phenoxy) is 1. The summed E-state index contributed by atoms with van der Waals surface area (Å²) in [5, 5.41) is 13.2. The van der Waals surface area contributed by atoms with Crippen molar-refractivity contribution < 1.29 is 23.8 Å². The predicted octanol–water partition coefficient (Wildman–Crippen LogP) is 2.08. The van der Waals surface area contributed by atoms with Gasteiger partial charge in [0.2, 0.25) is 5.76 Å². The third-order valence-electron chi connectivity index (χ3n) is 3.02. The molecule has 0 spiro atoms. The molecule has 106 valence electrons. The van der Waals surface area contributed by atoms with E-state index < -0.39 is 17.7 Å². The first kappa shape index (κ1) is 12.9. The van der Waals surface area contributed by atoms with Crippen LogP contribution in [-0.2, 0) is 4.74 Å². The summed E-state index contributed by atoms with van der Waals surface area (Å²) in [6.45, 7) is 0. The van der Waals surface area contributed by atoms with Crippen LogP contribution in [-0.4, -0.2) is 33.8 Å². The number of carboxylic acid groups (broad SMARTS) is 1. The lowest BCUT2D eigenvalue weighted by Crippen LogP contribution is -2.06. The smallest absolute Gasteiger partial charge is 0.372 e. The average molecular weight is 286 g/mol. The molecule has 3 aromatic heterocycles. The quantitative estimate of drug-likeness (QED) is 0.741. The van der Waals surface area contributed by atoms with Gasteiger partial charge in [-0.3, -0.25) is 0 Å². The lowest BCUT2D eigenvalue weighted by atomic mass is 10.1. The summed E-state index contributed by atoms with van der Waals surface area (Å²) in [5.74, 6) is -2.25. The van der Waals surface area contributed by atoms with Gasteiger partial charge in [-0.15, -0.1) is 0 Å². The zero-order chi connectivity index (χ0) is 15.0. The number of aromatic nitrogens is 2. The standard InChI is InChI=1S/C14H10N2O5/c1-20-14(19)10-7-11(21-12(10)13(17)18)8-3-5-16-9(6-8)2-4-15-16/h2-7H,1H3,(H,17,18). The van der Waals surface area contributed by atoms with E-state index in [-0.39, 0.29) is 11.3 Å². The highest BCUT2D eigenvalue weighted by Crippen LogP contribution is 2.27. The predicted molar refractivity (Wildman–Crippen MR) is 71.2 cm³/mol. The van der Waals surface area contributed by atoms with Gasteiger partial charge in [-0.2, -0.15) is 5.10 Å². The third-order valence-corrected chi connectivity index (χ3v) is 3.02. The first-order chi connectivity index (χ1) is 10.1. The van der Waals surface area contributed by atoms with Crippen molar-refractivity contribution in [3.63, 3.8) is 0 Å². The second kappa shape index (κ2) is 4.78. The molecular weight excluding hydrogens is 276 g/mol. The molecule has 3 heterocycles. The van der Waals surface area contributed by atoms with Gasteiger partial charge in [0.1, 0.15) is 11.3 Å². The van der Waals surface area contributed by atoms with Crippen molar-refractivity contribution in [3.05, 3.63) is 48.0 Å². The minimum Gasteiger partial charge on any atom is -0.475 e. The Bertz CT molecular complexity index is 846. The van der Waals surface area contributed by atoms with E-state index in [9.17, 15) is 9.59 Å². The van der Waals surface area contributed by atoms with Crippen LogP contribution >= 0.6 is 0 Å². The Kier molecular flexibility index (Phi) is 2.94. The Labute approximate surface area is 118 Å². The number of fused-ring (bicyclic) bond motifs is 1. The second-order valence-corrected chi connectivity index (χ2v) is 4.27. The molecule has 7 nitrogen and oxygen atoms in total. The summed E-state index contributed by atoms with van der Waals surface area (Å²) in [4.78, 5) is 22.7. The fourth-order valence-electron chi connectivity index (χ4n) is 2.03. The first-order valence-corrected chi connectivity index (χ1v) is 5.99. The van der Waals surface area contributed by atoms with E-state index in [0.717, 1.165) is 5.52 Å². The van der Waals surface area contributed by atoms with Gasteiger partial charge < -0.3 is 14.3 Å². The molecule has 3 rings (SSSR count). The minimum atomic E-state index is -1.33. The van der Waals surface area contributed by atoms with Gasteiger partial charge >= 0.3 is 11.9 Å². The molecule has 0 saturated carbocycles. The van der Waals surface area contributed by atoms with Crippen molar-refractivity contribution in [2.24, 2.45) is 0 Å². The van der Waals surface area contributed by atoms with E-state index in [4.69, 9.17) is 9.52 Å². The molecule has 0 aliphatic carbocycles. The molecule has 0 fully saturated rings. The van der Waals surface area contributed by atoms with Crippen LogP contribution in [0.3, 0.4) is 0 Å². The molecule has 0 amide bonds. The number of pyridine rings is 1.